The van der Waals surface area contributed by atoms with Crippen LogP contribution in [0.15, 0.2) is 73.1 Å². The first kappa shape index (κ1) is 27.1. The lowest BCUT2D eigenvalue weighted by atomic mass is 9.88. The average molecular weight is 550 g/mol. The molecule has 0 unspecified atom stereocenters. The van der Waals surface area contributed by atoms with Crippen LogP contribution >= 0.6 is 0 Å². The Kier molecular flexibility index (Phi) is 7.65. The number of nitrogens with zero attached hydrogens (tertiary/aromatic N) is 3. The van der Waals surface area contributed by atoms with Gasteiger partial charge in [-0.05, 0) is 47.7 Å². The maximum Gasteiger partial charge on any atom is 0.433 e. The Morgan fingerprint density at radius 2 is 1.85 bits per heavy atom. The van der Waals surface area contributed by atoms with Crippen LogP contribution in [0.3, 0.4) is 0 Å². The van der Waals surface area contributed by atoms with Crippen molar-refractivity contribution in [2.45, 2.75) is 44.0 Å². The standard InChI is InChI=1S/C29H26F3N5O3/c30-29(31,32)25-12-11-20(27(37-25)36-24(28(39)40)13-17-5-2-1-3-6-17)23-15-26(34-16-33-23)35-22-8-4-7-18-9-10-19(38)14-21(18)22/h1-8,11-12,15-16,19,24,38H,9-10,13-14H2,(H,36,37)(H,39,40)(H,33,34,35)/t19-,24+/m1/s1. The Balaban J connectivity index is 1.49. The van der Waals surface area contributed by atoms with E-state index in [2.05, 4.69) is 25.6 Å². The zero-order valence-electron chi connectivity index (χ0n) is 21.2. The van der Waals surface area contributed by atoms with Crippen LogP contribution < -0.4 is 10.6 Å². The van der Waals surface area contributed by atoms with Crippen molar-refractivity contribution in [3.05, 3.63) is 95.4 Å². The predicted molar refractivity (Wildman–Crippen MR) is 143 cm³/mol. The number of aliphatic hydroxyl groups is 1. The van der Waals surface area contributed by atoms with E-state index in [9.17, 15) is 28.2 Å². The Morgan fingerprint density at radius 3 is 2.60 bits per heavy atom. The quantitative estimate of drug-likeness (QED) is 0.235. The molecule has 0 spiro atoms. The average Bonchev–Trinajstić information content (AvgIpc) is 2.93. The van der Waals surface area contributed by atoms with Crippen molar-refractivity contribution < 1.29 is 28.2 Å². The maximum atomic E-state index is 13.6. The normalized spacial score (nSPS) is 15.7. The summed E-state index contributed by atoms with van der Waals surface area (Å²) in [5.74, 6) is -1.12. The molecule has 5 rings (SSSR count). The molecule has 0 bridgehead atoms. The topological polar surface area (TPSA) is 120 Å². The van der Waals surface area contributed by atoms with Crippen molar-refractivity contribution in [3.8, 4) is 11.3 Å². The minimum absolute atomic E-state index is 0.0229. The molecule has 1 aliphatic carbocycles. The molecule has 0 amide bonds. The Morgan fingerprint density at radius 1 is 1.05 bits per heavy atom. The second-order valence-corrected chi connectivity index (χ2v) is 9.57. The van der Waals surface area contributed by atoms with E-state index < -0.39 is 30.0 Å². The van der Waals surface area contributed by atoms with Crippen LogP contribution in [0.4, 0.5) is 30.5 Å². The number of carboxylic acids is 1. The third-order valence-electron chi connectivity index (χ3n) is 6.74. The van der Waals surface area contributed by atoms with E-state index in [4.69, 9.17) is 0 Å². The van der Waals surface area contributed by atoms with Gasteiger partial charge in [-0.25, -0.2) is 19.7 Å². The van der Waals surface area contributed by atoms with E-state index in [1.807, 2.05) is 18.2 Å². The van der Waals surface area contributed by atoms with Gasteiger partial charge >= 0.3 is 12.1 Å². The Labute approximate surface area is 228 Å². The minimum Gasteiger partial charge on any atom is -0.480 e. The van der Waals surface area contributed by atoms with Gasteiger partial charge in [-0.15, -0.1) is 0 Å². The number of aromatic nitrogens is 3. The van der Waals surface area contributed by atoms with Crippen molar-refractivity contribution in [2.75, 3.05) is 10.6 Å². The number of aliphatic carboxylic acids is 1. The number of anilines is 3. The van der Waals surface area contributed by atoms with Crippen LogP contribution in [0.5, 0.6) is 0 Å². The van der Waals surface area contributed by atoms with E-state index in [0.717, 1.165) is 29.3 Å². The zero-order chi connectivity index (χ0) is 28.3. The fourth-order valence-electron chi connectivity index (χ4n) is 4.75. The van der Waals surface area contributed by atoms with Crippen molar-refractivity contribution in [3.63, 3.8) is 0 Å². The highest BCUT2D eigenvalue weighted by Crippen LogP contribution is 2.35. The molecule has 0 saturated heterocycles. The summed E-state index contributed by atoms with van der Waals surface area (Å²) in [6.07, 6.45) is -1.96. The van der Waals surface area contributed by atoms with Crippen molar-refractivity contribution in [1.82, 2.24) is 15.0 Å². The van der Waals surface area contributed by atoms with Gasteiger partial charge in [-0.1, -0.05) is 42.5 Å². The lowest BCUT2D eigenvalue weighted by molar-refractivity contribution is -0.141. The molecule has 2 heterocycles. The first-order chi connectivity index (χ1) is 19.2. The number of aryl methyl sites for hydroxylation is 1. The number of hydrogen-bond donors (Lipinski definition) is 4. The fraction of sp³-hybridized carbons (Fsp3) is 0.241. The summed E-state index contributed by atoms with van der Waals surface area (Å²) < 4.78 is 40.7. The van der Waals surface area contributed by atoms with E-state index in [0.29, 0.717) is 24.2 Å². The van der Waals surface area contributed by atoms with Crippen LogP contribution in [0.2, 0.25) is 0 Å². The Hall–Kier alpha value is -4.51. The van der Waals surface area contributed by atoms with Gasteiger partial charge in [0.05, 0.1) is 11.8 Å². The van der Waals surface area contributed by atoms with Gasteiger partial charge in [0, 0.05) is 30.2 Å². The number of fused-ring (bicyclic) bond motifs is 1. The van der Waals surface area contributed by atoms with E-state index >= 15 is 0 Å². The summed E-state index contributed by atoms with van der Waals surface area (Å²) in [5, 5.41) is 25.9. The van der Waals surface area contributed by atoms with Crippen LogP contribution in [0.1, 0.15) is 28.8 Å². The van der Waals surface area contributed by atoms with Crippen molar-refractivity contribution in [1.29, 1.82) is 0 Å². The van der Waals surface area contributed by atoms with Gasteiger partial charge in [-0.2, -0.15) is 13.2 Å². The lowest BCUT2D eigenvalue weighted by Gasteiger charge is -2.23. The molecular weight excluding hydrogens is 523 g/mol. The zero-order valence-corrected chi connectivity index (χ0v) is 21.2. The Bertz CT molecular complexity index is 1510. The molecule has 4 aromatic rings. The van der Waals surface area contributed by atoms with Gasteiger partial charge in [0.25, 0.3) is 0 Å². The summed E-state index contributed by atoms with van der Waals surface area (Å²) in [5.41, 5.74) is 2.83. The lowest BCUT2D eigenvalue weighted by Crippen LogP contribution is -2.32. The van der Waals surface area contributed by atoms with Crippen LogP contribution in [-0.2, 0) is 30.2 Å². The summed E-state index contributed by atoms with van der Waals surface area (Å²) in [4.78, 5) is 24.3. The number of nitrogens with one attached hydrogen (secondary N) is 2. The monoisotopic (exact) mass is 549 g/mol. The van der Waals surface area contributed by atoms with E-state index in [-0.39, 0.29) is 23.5 Å². The highest BCUT2D eigenvalue weighted by molar-refractivity contribution is 5.81. The molecule has 2 aromatic carbocycles. The number of hydrogen-bond acceptors (Lipinski definition) is 7. The fourth-order valence-corrected chi connectivity index (χ4v) is 4.75. The number of halogens is 3. The molecule has 0 aliphatic heterocycles. The largest absolute Gasteiger partial charge is 0.480 e. The summed E-state index contributed by atoms with van der Waals surface area (Å²) >= 11 is 0. The molecule has 11 heteroatoms. The number of alkyl halides is 3. The van der Waals surface area contributed by atoms with Gasteiger partial charge in [0.1, 0.15) is 29.7 Å². The van der Waals surface area contributed by atoms with Gasteiger partial charge in [0.15, 0.2) is 0 Å². The van der Waals surface area contributed by atoms with Crippen LogP contribution in [0, 0.1) is 0 Å². The molecule has 206 valence electrons. The number of pyridine rings is 1. The number of rotatable bonds is 8. The van der Waals surface area contributed by atoms with E-state index in [1.165, 1.54) is 12.4 Å². The highest BCUT2D eigenvalue weighted by atomic mass is 19.4. The molecule has 8 nitrogen and oxygen atoms in total. The second kappa shape index (κ2) is 11.3. The summed E-state index contributed by atoms with van der Waals surface area (Å²) in [6, 6.07) is 16.9. The molecular formula is C29H26F3N5O3. The molecule has 40 heavy (non-hydrogen) atoms. The summed E-state index contributed by atoms with van der Waals surface area (Å²) in [7, 11) is 0. The molecule has 0 radical (unpaired) electrons. The molecule has 2 atom stereocenters. The third kappa shape index (κ3) is 6.20. The van der Waals surface area contributed by atoms with Crippen LogP contribution in [0.25, 0.3) is 11.3 Å². The number of carboxylic acid groups (broad SMARTS) is 1. The van der Waals surface area contributed by atoms with Crippen molar-refractivity contribution >= 4 is 23.3 Å². The number of benzene rings is 2. The smallest absolute Gasteiger partial charge is 0.433 e. The first-order valence-corrected chi connectivity index (χ1v) is 12.7. The molecule has 2 aromatic heterocycles. The van der Waals surface area contributed by atoms with Crippen LogP contribution in [-0.4, -0.2) is 43.3 Å². The van der Waals surface area contributed by atoms with Gasteiger partial charge < -0.3 is 20.8 Å². The number of carbonyl (C=O) groups is 1. The number of aliphatic hydroxyl groups excluding tert-OH is 1. The minimum atomic E-state index is -4.73. The molecule has 4 N–H and O–H groups in total. The summed E-state index contributed by atoms with van der Waals surface area (Å²) in [6.45, 7) is 0. The van der Waals surface area contributed by atoms with Gasteiger partial charge in [0.2, 0.25) is 0 Å². The van der Waals surface area contributed by atoms with Gasteiger partial charge in [-0.3, -0.25) is 0 Å². The SMILES string of the molecule is O=C(O)[C@H](Cc1ccccc1)Nc1nc(C(F)(F)F)ccc1-c1cc(Nc2cccc3c2C[C@H](O)CC3)ncn1. The third-order valence-corrected chi connectivity index (χ3v) is 6.74. The van der Waals surface area contributed by atoms with E-state index in [1.54, 1.807) is 36.4 Å². The highest BCUT2D eigenvalue weighted by Gasteiger charge is 2.34. The van der Waals surface area contributed by atoms with Crippen molar-refractivity contribution in [2.24, 2.45) is 0 Å². The maximum absolute atomic E-state index is 13.6. The molecule has 0 saturated carbocycles. The second-order valence-electron chi connectivity index (χ2n) is 9.57. The molecule has 0 fully saturated rings. The molecule has 1 aliphatic rings. The predicted octanol–water partition coefficient (Wildman–Crippen LogP) is 5.26. The first-order valence-electron chi connectivity index (χ1n) is 12.7.